The molecule has 4 heteroatoms. The van der Waals surface area contributed by atoms with Gasteiger partial charge in [-0.1, -0.05) is 54.5 Å². The fourth-order valence-electron chi connectivity index (χ4n) is 2.31. The number of aromatic nitrogens is 2. The van der Waals surface area contributed by atoms with Crippen LogP contribution in [0.3, 0.4) is 0 Å². The summed E-state index contributed by atoms with van der Waals surface area (Å²) < 4.78 is 5.61. The van der Waals surface area contributed by atoms with Crippen molar-refractivity contribution in [3.05, 3.63) is 89.1 Å². The molecule has 0 atom stereocenters. The number of nitrogens with zero attached hydrogens (tertiary/aromatic N) is 2. The predicted octanol–water partition coefficient (Wildman–Crippen LogP) is 2.99. The molecule has 0 aliphatic rings. The van der Waals surface area contributed by atoms with Crippen molar-refractivity contribution in [2.24, 2.45) is 0 Å². The molecule has 0 fully saturated rings. The molecule has 25 heavy (non-hydrogen) atoms. The Hall–Kier alpha value is -3.16. The van der Waals surface area contributed by atoms with Crippen molar-refractivity contribution in [2.75, 3.05) is 6.61 Å². The van der Waals surface area contributed by atoms with Gasteiger partial charge in [-0.3, -0.25) is 0 Å². The molecule has 1 aromatic heterocycles. The van der Waals surface area contributed by atoms with Crippen LogP contribution >= 0.6 is 0 Å². The first-order valence-corrected chi connectivity index (χ1v) is 8.06. The molecule has 1 N–H and O–H groups in total. The normalized spacial score (nSPS) is 9.96. The molecule has 0 spiro atoms. The topological polar surface area (TPSA) is 55.2 Å². The Labute approximate surface area is 147 Å². The van der Waals surface area contributed by atoms with Crippen LogP contribution in [0.4, 0.5) is 0 Å². The minimum Gasteiger partial charge on any atom is -0.472 e. The first-order valence-electron chi connectivity index (χ1n) is 8.06. The summed E-state index contributed by atoms with van der Waals surface area (Å²) in [5, 5.41) is 17.2. The molecule has 0 aliphatic heterocycles. The van der Waals surface area contributed by atoms with Crippen LogP contribution in [-0.4, -0.2) is 21.9 Å². The number of ether oxygens (including phenoxy) is 1. The molecule has 0 radical (unpaired) electrons. The second-order valence-corrected chi connectivity index (χ2v) is 5.41. The monoisotopic (exact) mass is 330 g/mol. The Bertz CT molecular complexity index is 866. The van der Waals surface area contributed by atoms with E-state index < -0.39 is 0 Å². The zero-order chi connectivity index (χ0) is 17.3. The number of hydrogen-bond acceptors (Lipinski definition) is 4. The van der Waals surface area contributed by atoms with Crippen LogP contribution in [0.1, 0.15) is 22.4 Å². The molecule has 0 bridgehead atoms. The fraction of sp³-hybridized carbons (Fsp3) is 0.143. The van der Waals surface area contributed by atoms with Gasteiger partial charge in [-0.15, -0.1) is 10.2 Å². The van der Waals surface area contributed by atoms with Gasteiger partial charge in [-0.05, 0) is 35.6 Å². The molecule has 0 saturated heterocycles. The largest absolute Gasteiger partial charge is 0.472 e. The van der Waals surface area contributed by atoms with Crippen LogP contribution in [0.5, 0.6) is 5.88 Å². The van der Waals surface area contributed by atoms with Gasteiger partial charge in [0.15, 0.2) is 0 Å². The lowest BCUT2D eigenvalue weighted by atomic mass is 10.1. The average Bonchev–Trinajstić information content (AvgIpc) is 2.68. The van der Waals surface area contributed by atoms with Crippen molar-refractivity contribution in [1.29, 1.82) is 0 Å². The standard InChI is InChI=1S/C21H18N2O2/c24-15-14-19-9-5-4-8-18(19)10-11-20-12-13-21(23-22-20)25-16-17-6-2-1-3-7-17/h1-9,12-13,24H,14-16H2. The third kappa shape index (κ3) is 4.90. The first-order chi connectivity index (χ1) is 12.3. The Morgan fingerprint density at radius 3 is 2.40 bits per heavy atom. The van der Waals surface area contributed by atoms with E-state index >= 15 is 0 Å². The van der Waals surface area contributed by atoms with E-state index in [4.69, 9.17) is 9.84 Å². The van der Waals surface area contributed by atoms with E-state index in [9.17, 15) is 0 Å². The van der Waals surface area contributed by atoms with Gasteiger partial charge in [-0.2, -0.15) is 0 Å². The first kappa shape index (κ1) is 16.7. The Kier molecular flexibility index (Phi) is 5.76. The van der Waals surface area contributed by atoms with E-state index in [1.807, 2.05) is 54.6 Å². The Balaban J connectivity index is 1.65. The number of benzene rings is 2. The lowest BCUT2D eigenvalue weighted by Gasteiger charge is -2.04. The van der Waals surface area contributed by atoms with Crippen molar-refractivity contribution in [3.63, 3.8) is 0 Å². The number of aliphatic hydroxyl groups excluding tert-OH is 1. The van der Waals surface area contributed by atoms with Gasteiger partial charge in [-0.25, -0.2) is 0 Å². The highest BCUT2D eigenvalue weighted by Gasteiger charge is 2.00. The van der Waals surface area contributed by atoms with Crippen molar-refractivity contribution in [2.45, 2.75) is 13.0 Å². The maximum atomic E-state index is 9.11. The highest BCUT2D eigenvalue weighted by Crippen LogP contribution is 2.10. The zero-order valence-electron chi connectivity index (χ0n) is 13.7. The van der Waals surface area contributed by atoms with E-state index in [1.54, 1.807) is 12.1 Å². The predicted molar refractivity (Wildman–Crippen MR) is 96.0 cm³/mol. The third-order valence-corrected chi connectivity index (χ3v) is 3.59. The summed E-state index contributed by atoms with van der Waals surface area (Å²) in [4.78, 5) is 0. The van der Waals surface area contributed by atoms with E-state index in [-0.39, 0.29) is 6.61 Å². The van der Waals surface area contributed by atoms with Crippen LogP contribution in [0, 0.1) is 11.8 Å². The van der Waals surface area contributed by atoms with Gasteiger partial charge >= 0.3 is 0 Å². The molecule has 0 saturated carbocycles. The molecule has 4 nitrogen and oxygen atoms in total. The van der Waals surface area contributed by atoms with E-state index in [0.717, 1.165) is 16.7 Å². The smallest absolute Gasteiger partial charge is 0.233 e. The Morgan fingerprint density at radius 2 is 1.64 bits per heavy atom. The highest BCUT2D eigenvalue weighted by atomic mass is 16.5. The van der Waals surface area contributed by atoms with Crippen LogP contribution in [0.15, 0.2) is 66.7 Å². The van der Waals surface area contributed by atoms with Crippen molar-refractivity contribution >= 4 is 0 Å². The summed E-state index contributed by atoms with van der Waals surface area (Å²) in [5.74, 6) is 6.55. The van der Waals surface area contributed by atoms with Gasteiger partial charge < -0.3 is 9.84 Å². The maximum Gasteiger partial charge on any atom is 0.233 e. The number of hydrogen-bond donors (Lipinski definition) is 1. The van der Waals surface area contributed by atoms with Crippen LogP contribution in [0.25, 0.3) is 0 Å². The lowest BCUT2D eigenvalue weighted by Crippen LogP contribution is -1.99. The second-order valence-electron chi connectivity index (χ2n) is 5.41. The van der Waals surface area contributed by atoms with Gasteiger partial charge in [0.05, 0.1) is 0 Å². The van der Waals surface area contributed by atoms with E-state index in [2.05, 4.69) is 22.0 Å². The van der Waals surface area contributed by atoms with Crippen LogP contribution < -0.4 is 4.74 Å². The molecule has 3 aromatic rings. The average molecular weight is 330 g/mol. The minimum absolute atomic E-state index is 0.103. The SMILES string of the molecule is OCCc1ccccc1C#Cc1ccc(OCc2ccccc2)nn1. The molecular weight excluding hydrogens is 312 g/mol. The molecule has 0 aliphatic carbocycles. The molecule has 2 aromatic carbocycles. The lowest BCUT2D eigenvalue weighted by molar-refractivity contribution is 0.290. The van der Waals surface area contributed by atoms with Crippen LogP contribution in [-0.2, 0) is 13.0 Å². The minimum atomic E-state index is 0.103. The Morgan fingerprint density at radius 1 is 0.840 bits per heavy atom. The summed E-state index contributed by atoms with van der Waals surface area (Å²) in [6, 6.07) is 21.2. The summed E-state index contributed by atoms with van der Waals surface area (Å²) in [6.45, 7) is 0.557. The van der Waals surface area contributed by atoms with E-state index in [0.29, 0.717) is 24.6 Å². The third-order valence-electron chi connectivity index (χ3n) is 3.59. The number of aliphatic hydroxyl groups is 1. The van der Waals surface area contributed by atoms with E-state index in [1.165, 1.54) is 0 Å². The van der Waals surface area contributed by atoms with Crippen molar-refractivity contribution in [1.82, 2.24) is 10.2 Å². The fourth-order valence-corrected chi connectivity index (χ4v) is 2.31. The van der Waals surface area contributed by atoms with Gasteiger partial charge in [0, 0.05) is 18.2 Å². The number of rotatable bonds is 5. The molecule has 3 rings (SSSR count). The summed E-state index contributed by atoms with van der Waals surface area (Å²) in [5.41, 5.74) is 3.57. The quantitative estimate of drug-likeness (QED) is 0.731. The summed E-state index contributed by atoms with van der Waals surface area (Å²) in [6.07, 6.45) is 0.586. The zero-order valence-corrected chi connectivity index (χ0v) is 13.7. The highest BCUT2D eigenvalue weighted by molar-refractivity contribution is 5.44. The maximum absolute atomic E-state index is 9.11. The molecular formula is C21H18N2O2. The molecule has 124 valence electrons. The summed E-state index contributed by atoms with van der Waals surface area (Å²) >= 11 is 0. The van der Waals surface area contributed by atoms with Crippen molar-refractivity contribution in [3.8, 4) is 17.7 Å². The second kappa shape index (κ2) is 8.62. The summed E-state index contributed by atoms with van der Waals surface area (Å²) in [7, 11) is 0. The van der Waals surface area contributed by atoms with Crippen LogP contribution in [0.2, 0.25) is 0 Å². The van der Waals surface area contributed by atoms with Crippen molar-refractivity contribution < 1.29 is 9.84 Å². The van der Waals surface area contributed by atoms with Gasteiger partial charge in [0.25, 0.3) is 0 Å². The van der Waals surface area contributed by atoms with Gasteiger partial charge in [0.1, 0.15) is 12.3 Å². The molecule has 0 unspecified atom stereocenters. The molecule has 0 amide bonds. The molecule has 1 heterocycles. The van der Waals surface area contributed by atoms with Gasteiger partial charge in [0.2, 0.25) is 5.88 Å².